The Balaban J connectivity index is 1.33. The van der Waals surface area contributed by atoms with E-state index < -0.39 is 0 Å². The van der Waals surface area contributed by atoms with Crippen LogP contribution in [0.1, 0.15) is 48.6 Å². The van der Waals surface area contributed by atoms with E-state index in [1.165, 1.54) is 11.1 Å². The Labute approximate surface area is 306 Å². The standard InChI is InChI=1S/C48H40N4/c1-48(2,3)44-30-40(27-28-41(44)37-20-18-33(31-49)19-21-37)35-22-24-38(25-23-35)45-42-17-11-10-14-36(42)26-29-43(45)47(51-32-34-12-6-4-7-13-34)52-46(50)39-15-8-5-9-16-39/h4-30H,32H2,1-3H3,(H2,50,51,52). The van der Waals surface area contributed by atoms with Crippen molar-refractivity contribution in [1.82, 2.24) is 0 Å². The van der Waals surface area contributed by atoms with E-state index in [0.29, 0.717) is 23.8 Å². The third-order valence-electron chi connectivity index (χ3n) is 9.38. The molecular weight excluding hydrogens is 633 g/mol. The molecule has 4 heteroatoms. The van der Waals surface area contributed by atoms with E-state index in [-0.39, 0.29) is 5.41 Å². The molecule has 0 saturated heterocycles. The maximum atomic E-state index is 9.31. The lowest BCUT2D eigenvalue weighted by Gasteiger charge is -2.24. The fourth-order valence-electron chi connectivity index (χ4n) is 6.64. The maximum Gasteiger partial charge on any atom is 0.157 e. The molecule has 0 amide bonds. The fourth-order valence-corrected chi connectivity index (χ4v) is 6.64. The summed E-state index contributed by atoms with van der Waals surface area (Å²) >= 11 is 0. The number of nitrogens with two attached hydrogens (primary N) is 1. The summed E-state index contributed by atoms with van der Waals surface area (Å²) in [6.07, 6.45) is 0. The van der Waals surface area contributed by atoms with Crippen LogP contribution in [0.4, 0.5) is 0 Å². The van der Waals surface area contributed by atoms with Crippen molar-refractivity contribution in [2.24, 2.45) is 15.7 Å². The van der Waals surface area contributed by atoms with E-state index in [9.17, 15) is 5.26 Å². The first-order valence-electron chi connectivity index (χ1n) is 17.5. The fraction of sp³-hybridized carbons (Fsp3) is 0.104. The molecule has 0 atom stereocenters. The zero-order chi connectivity index (χ0) is 36.1. The predicted molar refractivity (Wildman–Crippen MR) is 218 cm³/mol. The lowest BCUT2D eigenvalue weighted by Crippen LogP contribution is -2.16. The summed E-state index contributed by atoms with van der Waals surface area (Å²) in [5.41, 5.74) is 18.0. The first kappa shape index (κ1) is 33.9. The van der Waals surface area contributed by atoms with Crippen LogP contribution in [0.2, 0.25) is 0 Å². The molecule has 0 fully saturated rings. The maximum absolute atomic E-state index is 9.31. The Morgan fingerprint density at radius 3 is 1.94 bits per heavy atom. The highest BCUT2D eigenvalue weighted by Gasteiger charge is 2.21. The third-order valence-corrected chi connectivity index (χ3v) is 9.38. The van der Waals surface area contributed by atoms with Gasteiger partial charge in [-0.3, -0.25) is 4.99 Å². The second-order valence-electron chi connectivity index (χ2n) is 14.0. The summed E-state index contributed by atoms with van der Waals surface area (Å²) in [5.74, 6) is 1.00. The SMILES string of the molecule is CC(C)(C)c1cc(-c2ccc(-c3c(C(/N=C(\N)c4ccccc4)=N/Cc4ccccc4)ccc4ccccc34)cc2)ccc1-c1ccc(C#N)cc1. The van der Waals surface area contributed by atoms with Gasteiger partial charge in [-0.15, -0.1) is 0 Å². The van der Waals surface area contributed by atoms with E-state index in [0.717, 1.165) is 55.3 Å². The number of fused-ring (bicyclic) bond motifs is 1. The van der Waals surface area contributed by atoms with Gasteiger partial charge in [-0.25, -0.2) is 4.99 Å². The van der Waals surface area contributed by atoms with Crippen LogP contribution in [0.3, 0.4) is 0 Å². The van der Waals surface area contributed by atoms with Crippen molar-refractivity contribution in [3.8, 4) is 39.4 Å². The molecule has 0 saturated carbocycles. The molecule has 2 N–H and O–H groups in total. The summed E-state index contributed by atoms with van der Waals surface area (Å²) in [6, 6.07) is 58.3. The number of hydrogen-bond donors (Lipinski definition) is 1. The molecular formula is C48H40N4. The number of nitriles is 1. The molecule has 0 unspecified atom stereocenters. The number of rotatable bonds is 7. The first-order valence-corrected chi connectivity index (χ1v) is 17.5. The molecule has 7 aromatic rings. The van der Waals surface area contributed by atoms with Crippen molar-refractivity contribution in [3.05, 3.63) is 192 Å². The molecule has 0 radical (unpaired) electrons. The van der Waals surface area contributed by atoms with Crippen molar-refractivity contribution >= 4 is 22.4 Å². The Morgan fingerprint density at radius 1 is 0.635 bits per heavy atom. The molecule has 0 spiro atoms. The van der Waals surface area contributed by atoms with Crippen molar-refractivity contribution in [2.75, 3.05) is 0 Å². The van der Waals surface area contributed by atoms with E-state index in [2.05, 4.69) is 118 Å². The monoisotopic (exact) mass is 672 g/mol. The predicted octanol–water partition coefficient (Wildman–Crippen LogP) is 11.4. The average molecular weight is 673 g/mol. The zero-order valence-corrected chi connectivity index (χ0v) is 29.7. The van der Waals surface area contributed by atoms with Gasteiger partial charge in [0.1, 0.15) is 5.84 Å². The minimum atomic E-state index is -0.0887. The molecule has 0 aliphatic heterocycles. The average Bonchev–Trinajstić information content (AvgIpc) is 3.19. The minimum Gasteiger partial charge on any atom is -0.383 e. The molecule has 0 aliphatic carbocycles. The second-order valence-corrected chi connectivity index (χ2v) is 14.0. The number of nitrogens with zero attached hydrogens (tertiary/aromatic N) is 3. The van der Waals surface area contributed by atoms with Crippen LogP contribution in [0.25, 0.3) is 44.2 Å². The lowest BCUT2D eigenvalue weighted by molar-refractivity contribution is 0.592. The van der Waals surface area contributed by atoms with Crippen LogP contribution < -0.4 is 5.73 Å². The molecule has 252 valence electrons. The van der Waals surface area contributed by atoms with Crippen molar-refractivity contribution in [3.63, 3.8) is 0 Å². The topological polar surface area (TPSA) is 74.5 Å². The van der Waals surface area contributed by atoms with Crippen molar-refractivity contribution < 1.29 is 0 Å². The van der Waals surface area contributed by atoms with Gasteiger partial charge in [0.15, 0.2) is 5.84 Å². The zero-order valence-electron chi connectivity index (χ0n) is 29.7. The number of hydrogen-bond acceptors (Lipinski definition) is 2. The molecule has 7 aromatic carbocycles. The Bertz CT molecular complexity index is 2450. The number of benzene rings is 7. The van der Waals surface area contributed by atoms with Crippen molar-refractivity contribution in [2.45, 2.75) is 32.7 Å². The normalized spacial score (nSPS) is 12.1. The lowest BCUT2D eigenvalue weighted by atomic mass is 9.80. The summed E-state index contributed by atoms with van der Waals surface area (Å²) in [6.45, 7) is 7.21. The Hall–Kier alpha value is -6.57. The van der Waals surface area contributed by atoms with Crippen LogP contribution in [-0.2, 0) is 12.0 Å². The highest BCUT2D eigenvalue weighted by Crippen LogP contribution is 2.38. The number of aliphatic imine (C=N–C) groups is 2. The van der Waals surface area contributed by atoms with Gasteiger partial charge >= 0.3 is 0 Å². The van der Waals surface area contributed by atoms with Crippen LogP contribution >= 0.6 is 0 Å². The highest BCUT2D eigenvalue weighted by molar-refractivity contribution is 6.17. The van der Waals surface area contributed by atoms with Crippen molar-refractivity contribution in [1.29, 1.82) is 5.26 Å². The minimum absolute atomic E-state index is 0.0887. The summed E-state index contributed by atoms with van der Waals surface area (Å²) in [7, 11) is 0. The van der Waals surface area contributed by atoms with Gasteiger partial charge in [0.05, 0.1) is 18.2 Å². The quantitative estimate of drug-likeness (QED) is 0.135. The first-order chi connectivity index (χ1) is 25.3. The largest absolute Gasteiger partial charge is 0.383 e. The van der Waals surface area contributed by atoms with Crippen LogP contribution in [-0.4, -0.2) is 11.7 Å². The van der Waals surface area contributed by atoms with Crippen LogP contribution in [0.15, 0.2) is 174 Å². The van der Waals surface area contributed by atoms with Crippen LogP contribution in [0.5, 0.6) is 0 Å². The summed E-state index contributed by atoms with van der Waals surface area (Å²) in [4.78, 5) is 10.1. The molecule has 0 aliphatic rings. The summed E-state index contributed by atoms with van der Waals surface area (Å²) in [5, 5.41) is 11.6. The molecule has 4 nitrogen and oxygen atoms in total. The molecule has 7 rings (SSSR count). The molecule has 52 heavy (non-hydrogen) atoms. The molecule has 0 aromatic heterocycles. The number of amidine groups is 2. The van der Waals surface area contributed by atoms with Gasteiger partial charge in [0.25, 0.3) is 0 Å². The van der Waals surface area contributed by atoms with Gasteiger partial charge in [-0.2, -0.15) is 5.26 Å². The second kappa shape index (κ2) is 14.7. The Kier molecular flexibility index (Phi) is 9.60. The Morgan fingerprint density at radius 2 is 1.25 bits per heavy atom. The molecule has 0 heterocycles. The summed E-state index contributed by atoms with van der Waals surface area (Å²) < 4.78 is 0. The van der Waals surface area contributed by atoms with Gasteiger partial charge in [0, 0.05) is 16.7 Å². The highest BCUT2D eigenvalue weighted by atomic mass is 15.0. The third kappa shape index (κ3) is 7.31. The molecule has 0 bridgehead atoms. The van der Waals surface area contributed by atoms with E-state index >= 15 is 0 Å². The van der Waals surface area contributed by atoms with E-state index in [1.807, 2.05) is 72.8 Å². The van der Waals surface area contributed by atoms with Gasteiger partial charge in [-0.1, -0.05) is 166 Å². The van der Waals surface area contributed by atoms with E-state index in [1.54, 1.807) is 0 Å². The smallest absolute Gasteiger partial charge is 0.157 e. The van der Waals surface area contributed by atoms with Gasteiger partial charge in [0.2, 0.25) is 0 Å². The van der Waals surface area contributed by atoms with Gasteiger partial charge in [-0.05, 0) is 73.3 Å². The van der Waals surface area contributed by atoms with Crippen LogP contribution in [0, 0.1) is 11.3 Å². The van der Waals surface area contributed by atoms with E-state index in [4.69, 9.17) is 15.7 Å². The van der Waals surface area contributed by atoms with Gasteiger partial charge < -0.3 is 5.73 Å².